The molecule has 106 valence electrons. The Morgan fingerprint density at radius 1 is 1.32 bits per heavy atom. The molecular weight excluding hydrogens is 264 g/mol. The van der Waals surface area contributed by atoms with Crippen molar-refractivity contribution in [3.63, 3.8) is 0 Å². The van der Waals surface area contributed by atoms with Gasteiger partial charge in [-0.2, -0.15) is 5.10 Å². The lowest BCUT2D eigenvalue weighted by molar-refractivity contribution is 0.309. The summed E-state index contributed by atoms with van der Waals surface area (Å²) in [5, 5.41) is 6.70. The lowest BCUT2D eigenvalue weighted by Gasteiger charge is -2.21. The molecule has 3 rings (SSSR count). The summed E-state index contributed by atoms with van der Waals surface area (Å²) in [6.45, 7) is 5.56. The highest BCUT2D eigenvalue weighted by molar-refractivity contribution is 7.89. The third-order valence-electron chi connectivity index (χ3n) is 4.24. The summed E-state index contributed by atoms with van der Waals surface area (Å²) in [4.78, 5) is 2.70. The van der Waals surface area contributed by atoms with E-state index in [1.165, 1.54) is 6.42 Å². The second-order valence-electron chi connectivity index (χ2n) is 5.53. The fourth-order valence-corrected chi connectivity index (χ4v) is 5.09. The summed E-state index contributed by atoms with van der Waals surface area (Å²) in [5.41, 5.74) is 1.14. The van der Waals surface area contributed by atoms with E-state index in [1.807, 2.05) is 0 Å². The predicted molar refractivity (Wildman–Crippen MR) is 71.4 cm³/mol. The second kappa shape index (κ2) is 4.57. The van der Waals surface area contributed by atoms with E-state index < -0.39 is 10.0 Å². The zero-order valence-corrected chi connectivity index (χ0v) is 12.1. The Bertz CT molecular complexity index is 561. The van der Waals surface area contributed by atoms with Gasteiger partial charge < -0.3 is 0 Å². The molecule has 6 nitrogen and oxygen atoms in total. The number of nitrogens with zero attached hydrogens (tertiary/aromatic N) is 2. The van der Waals surface area contributed by atoms with Crippen molar-refractivity contribution in [3.8, 4) is 0 Å². The summed E-state index contributed by atoms with van der Waals surface area (Å²) >= 11 is 0. The summed E-state index contributed by atoms with van der Waals surface area (Å²) in [6, 6.07) is 0.420. The molecule has 0 saturated carbocycles. The molecule has 2 aliphatic rings. The first kappa shape index (κ1) is 13.1. The Labute approximate surface area is 113 Å². The van der Waals surface area contributed by atoms with Gasteiger partial charge in [-0.25, -0.2) is 13.1 Å². The van der Waals surface area contributed by atoms with Crippen LogP contribution >= 0.6 is 0 Å². The fraction of sp³-hybridized carbons (Fsp3) is 0.750. The summed E-state index contributed by atoms with van der Waals surface area (Å²) in [7, 11) is -3.47. The average Bonchev–Trinajstić information content (AvgIpc) is 2.97. The van der Waals surface area contributed by atoms with Crippen LogP contribution in [0.1, 0.15) is 30.7 Å². The van der Waals surface area contributed by atoms with E-state index >= 15 is 0 Å². The minimum absolute atomic E-state index is 0.0428. The van der Waals surface area contributed by atoms with Gasteiger partial charge >= 0.3 is 0 Å². The maximum absolute atomic E-state index is 12.5. The fourth-order valence-electron chi connectivity index (χ4n) is 3.41. The minimum Gasteiger partial charge on any atom is -0.299 e. The van der Waals surface area contributed by atoms with Crippen molar-refractivity contribution in [2.24, 2.45) is 0 Å². The van der Waals surface area contributed by atoms with Gasteiger partial charge in [-0.3, -0.25) is 10.00 Å². The highest BCUT2D eigenvalue weighted by Crippen LogP contribution is 2.29. The Morgan fingerprint density at radius 2 is 2.11 bits per heavy atom. The van der Waals surface area contributed by atoms with Crippen LogP contribution in [-0.4, -0.2) is 48.7 Å². The van der Waals surface area contributed by atoms with Crippen molar-refractivity contribution < 1.29 is 8.42 Å². The van der Waals surface area contributed by atoms with Crippen LogP contribution in [0.15, 0.2) is 4.90 Å². The van der Waals surface area contributed by atoms with Gasteiger partial charge in [-0.15, -0.1) is 0 Å². The Hall–Kier alpha value is -0.920. The molecule has 0 radical (unpaired) electrons. The van der Waals surface area contributed by atoms with Gasteiger partial charge in [-0.1, -0.05) is 0 Å². The van der Waals surface area contributed by atoms with Gasteiger partial charge in [0.15, 0.2) is 0 Å². The maximum atomic E-state index is 12.5. The molecule has 0 aromatic carbocycles. The topological polar surface area (TPSA) is 78.1 Å². The zero-order chi connectivity index (χ0) is 13.6. The monoisotopic (exact) mass is 284 g/mol. The molecule has 2 atom stereocenters. The molecule has 0 spiro atoms. The first-order valence-electron chi connectivity index (χ1n) is 6.77. The van der Waals surface area contributed by atoms with Crippen molar-refractivity contribution in [1.82, 2.24) is 19.8 Å². The first-order chi connectivity index (χ1) is 8.99. The third-order valence-corrected chi connectivity index (χ3v) is 5.99. The molecule has 0 bridgehead atoms. The van der Waals surface area contributed by atoms with Crippen LogP contribution in [0.5, 0.6) is 0 Å². The molecular formula is C12H20N4O2S. The number of aromatic nitrogens is 2. The van der Waals surface area contributed by atoms with Gasteiger partial charge in [0.25, 0.3) is 0 Å². The highest BCUT2D eigenvalue weighted by atomic mass is 32.2. The van der Waals surface area contributed by atoms with Crippen LogP contribution in [0.2, 0.25) is 0 Å². The van der Waals surface area contributed by atoms with E-state index in [0.29, 0.717) is 22.3 Å². The number of nitrogens with one attached hydrogen (secondary N) is 2. The van der Waals surface area contributed by atoms with Crippen molar-refractivity contribution >= 4 is 10.0 Å². The second-order valence-corrected chi connectivity index (χ2v) is 7.18. The van der Waals surface area contributed by atoms with Crippen molar-refractivity contribution in [3.05, 3.63) is 11.4 Å². The number of sulfonamides is 1. The largest absolute Gasteiger partial charge is 0.299 e. The summed E-state index contributed by atoms with van der Waals surface area (Å²) < 4.78 is 27.9. The molecule has 19 heavy (non-hydrogen) atoms. The van der Waals surface area contributed by atoms with Crippen molar-refractivity contribution in [2.75, 3.05) is 13.1 Å². The lowest BCUT2D eigenvalue weighted by atomic mass is 10.1. The van der Waals surface area contributed by atoms with Gasteiger partial charge in [0, 0.05) is 18.6 Å². The Morgan fingerprint density at radius 3 is 2.79 bits per heavy atom. The van der Waals surface area contributed by atoms with Crippen LogP contribution in [0.3, 0.4) is 0 Å². The van der Waals surface area contributed by atoms with Crippen LogP contribution < -0.4 is 4.72 Å². The number of fused-ring (bicyclic) bond motifs is 1. The minimum atomic E-state index is -3.47. The third kappa shape index (κ3) is 2.19. The zero-order valence-electron chi connectivity index (χ0n) is 11.3. The smallest absolute Gasteiger partial charge is 0.244 e. The lowest BCUT2D eigenvalue weighted by Crippen LogP contribution is -2.42. The predicted octanol–water partition coefficient (Wildman–Crippen LogP) is 0.542. The number of rotatable bonds is 3. The van der Waals surface area contributed by atoms with E-state index in [1.54, 1.807) is 13.8 Å². The van der Waals surface area contributed by atoms with Crippen LogP contribution in [0.4, 0.5) is 0 Å². The SMILES string of the molecule is Cc1n[nH]c(C)c1S(=O)(=O)NC1CCN2CCCC12. The van der Waals surface area contributed by atoms with Gasteiger partial charge in [0.05, 0.1) is 11.4 Å². The van der Waals surface area contributed by atoms with E-state index in [9.17, 15) is 8.42 Å². The Kier molecular flexibility index (Phi) is 3.15. The molecule has 2 N–H and O–H groups in total. The molecule has 0 amide bonds. The van der Waals surface area contributed by atoms with Crippen LogP contribution in [-0.2, 0) is 10.0 Å². The average molecular weight is 284 g/mol. The molecule has 1 aromatic heterocycles. The van der Waals surface area contributed by atoms with E-state index in [-0.39, 0.29) is 6.04 Å². The molecule has 1 aromatic rings. The number of hydrogen-bond donors (Lipinski definition) is 2. The van der Waals surface area contributed by atoms with Crippen LogP contribution in [0, 0.1) is 13.8 Å². The molecule has 2 aliphatic heterocycles. The van der Waals surface area contributed by atoms with Gasteiger partial charge in [0.1, 0.15) is 4.90 Å². The van der Waals surface area contributed by atoms with E-state index in [0.717, 1.165) is 25.9 Å². The number of hydrogen-bond acceptors (Lipinski definition) is 4. The molecule has 2 unspecified atom stereocenters. The molecule has 2 fully saturated rings. The highest BCUT2D eigenvalue weighted by Gasteiger charge is 2.39. The molecule has 2 saturated heterocycles. The molecule has 7 heteroatoms. The number of aryl methyl sites for hydroxylation is 2. The van der Waals surface area contributed by atoms with E-state index in [2.05, 4.69) is 19.8 Å². The van der Waals surface area contributed by atoms with Crippen molar-refractivity contribution in [1.29, 1.82) is 0 Å². The van der Waals surface area contributed by atoms with Crippen LogP contribution in [0.25, 0.3) is 0 Å². The molecule has 0 aliphatic carbocycles. The first-order valence-corrected chi connectivity index (χ1v) is 8.25. The standard InChI is InChI=1S/C12H20N4O2S/c1-8-12(9(2)14-13-8)19(17,18)15-10-5-7-16-6-3-4-11(10)16/h10-11,15H,3-7H2,1-2H3,(H,13,14). The quantitative estimate of drug-likeness (QED) is 0.849. The number of H-pyrrole nitrogens is 1. The normalized spacial score (nSPS) is 27.9. The van der Waals surface area contributed by atoms with Gasteiger partial charge in [0.2, 0.25) is 10.0 Å². The maximum Gasteiger partial charge on any atom is 0.244 e. The Balaban J connectivity index is 1.83. The van der Waals surface area contributed by atoms with E-state index in [4.69, 9.17) is 0 Å². The van der Waals surface area contributed by atoms with Gasteiger partial charge in [-0.05, 0) is 39.7 Å². The summed E-state index contributed by atoms with van der Waals surface area (Å²) in [6.07, 6.45) is 3.17. The molecule has 3 heterocycles. The summed E-state index contributed by atoms with van der Waals surface area (Å²) in [5.74, 6) is 0. The number of aromatic amines is 1. The van der Waals surface area contributed by atoms with Crippen molar-refractivity contribution in [2.45, 2.75) is 50.1 Å².